The van der Waals surface area contributed by atoms with Gasteiger partial charge in [-0.05, 0) is 67.2 Å². The van der Waals surface area contributed by atoms with Crippen LogP contribution >= 0.6 is 0 Å². The highest BCUT2D eigenvalue weighted by Gasteiger charge is 2.26. The van der Waals surface area contributed by atoms with E-state index in [9.17, 15) is 18.4 Å². The molecule has 0 atom stereocenters. The van der Waals surface area contributed by atoms with Crippen molar-refractivity contribution in [2.45, 2.75) is 18.8 Å². The van der Waals surface area contributed by atoms with Gasteiger partial charge in [0.15, 0.2) is 0 Å². The molecule has 0 bridgehead atoms. The van der Waals surface area contributed by atoms with Crippen molar-refractivity contribution in [3.8, 4) is 0 Å². The molecule has 0 saturated carbocycles. The molecule has 0 amide bonds. The van der Waals surface area contributed by atoms with Gasteiger partial charge in [-0.1, -0.05) is 24.3 Å². The van der Waals surface area contributed by atoms with E-state index in [1.54, 1.807) is 0 Å². The quantitative estimate of drug-likeness (QED) is 0.642. The molecule has 30 heavy (non-hydrogen) atoms. The summed E-state index contributed by atoms with van der Waals surface area (Å²) < 4.78 is 26.4. The molecule has 8 heteroatoms. The Balaban J connectivity index is 0.000000431. The summed E-state index contributed by atoms with van der Waals surface area (Å²) in [6, 6.07) is 13.4. The Bertz CT molecular complexity index is 770. The van der Waals surface area contributed by atoms with Crippen molar-refractivity contribution in [1.29, 1.82) is 0 Å². The minimum absolute atomic E-state index is 0. The molecule has 162 valence electrons. The Morgan fingerprint density at radius 2 is 1.20 bits per heavy atom. The Kier molecular flexibility index (Phi) is 10.4. The van der Waals surface area contributed by atoms with Crippen LogP contribution in [0.1, 0.15) is 29.9 Å². The monoisotopic (exact) mass is 421 g/mol. The summed E-state index contributed by atoms with van der Waals surface area (Å²) >= 11 is 0. The lowest BCUT2D eigenvalue weighted by molar-refractivity contribution is -0.134. The first kappa shape index (κ1) is 24.9. The maximum atomic E-state index is 13.2. The Morgan fingerprint density at radius 3 is 1.53 bits per heavy atom. The van der Waals surface area contributed by atoms with E-state index in [4.69, 9.17) is 10.2 Å². The number of carboxylic acids is 2. The number of benzene rings is 2. The molecule has 3 rings (SSSR count). The predicted molar refractivity (Wildman–Crippen MR) is 108 cm³/mol. The number of piperidine rings is 1. The third-order valence-corrected chi connectivity index (χ3v) is 4.68. The van der Waals surface area contributed by atoms with Crippen molar-refractivity contribution in [2.24, 2.45) is 5.92 Å². The van der Waals surface area contributed by atoms with Crippen molar-refractivity contribution < 1.29 is 34.1 Å². The molecule has 2 aromatic rings. The number of hydrogen-bond acceptors (Lipinski definition) is 3. The molecule has 1 fully saturated rings. The van der Waals surface area contributed by atoms with Gasteiger partial charge in [-0.25, -0.2) is 18.4 Å². The number of halogens is 2. The number of carbonyl (C=O) groups is 2. The van der Waals surface area contributed by atoms with Gasteiger partial charge in [0.1, 0.15) is 11.6 Å². The summed E-state index contributed by atoms with van der Waals surface area (Å²) in [5, 5.41) is 19.0. The van der Waals surface area contributed by atoms with Gasteiger partial charge in [0.05, 0.1) is 0 Å². The molecule has 1 aliphatic rings. The van der Waals surface area contributed by atoms with E-state index in [0.29, 0.717) is 18.1 Å². The van der Waals surface area contributed by atoms with E-state index in [2.05, 4.69) is 5.32 Å². The fraction of sp³-hybridized carbons (Fsp3) is 0.273. The second kappa shape index (κ2) is 12.5. The summed E-state index contributed by atoms with van der Waals surface area (Å²) in [6.07, 6.45) is 3.28. The van der Waals surface area contributed by atoms with Gasteiger partial charge in [-0.15, -0.1) is 0 Å². The minimum Gasteiger partial charge on any atom is -0.478 e. The van der Waals surface area contributed by atoms with Gasteiger partial charge in [0.2, 0.25) is 0 Å². The van der Waals surface area contributed by atoms with E-state index in [1.807, 2.05) is 24.3 Å². The highest BCUT2D eigenvalue weighted by atomic mass is 19.1. The van der Waals surface area contributed by atoms with Crippen LogP contribution in [0.2, 0.25) is 0 Å². The summed E-state index contributed by atoms with van der Waals surface area (Å²) in [5.74, 6) is -2.25. The van der Waals surface area contributed by atoms with Crippen LogP contribution in [0.25, 0.3) is 0 Å². The molecule has 0 spiro atoms. The summed E-state index contributed by atoms with van der Waals surface area (Å²) in [5.41, 5.74) is 2.21. The SMILES string of the molecule is Fc1ccc(C(c2ccc(F)cc2)C2CCNCC2)cc1.O.O=C(O)C=CC(=O)O. The van der Waals surface area contributed by atoms with Crippen molar-refractivity contribution in [3.63, 3.8) is 0 Å². The number of hydrogen-bond donors (Lipinski definition) is 3. The lowest BCUT2D eigenvalue weighted by Gasteiger charge is -2.31. The number of nitrogens with one attached hydrogen (secondary N) is 1. The first-order valence-corrected chi connectivity index (χ1v) is 9.22. The highest BCUT2D eigenvalue weighted by Crippen LogP contribution is 2.36. The zero-order chi connectivity index (χ0) is 21.2. The lowest BCUT2D eigenvalue weighted by atomic mass is 9.76. The van der Waals surface area contributed by atoms with Crippen LogP contribution in [-0.2, 0) is 9.59 Å². The molecule has 5 N–H and O–H groups in total. The number of carboxylic acid groups (broad SMARTS) is 2. The molecular formula is C22H25F2NO5. The van der Waals surface area contributed by atoms with Crippen molar-refractivity contribution in [3.05, 3.63) is 83.4 Å². The molecule has 1 saturated heterocycles. The average molecular weight is 421 g/mol. The van der Waals surface area contributed by atoms with Gasteiger partial charge in [-0.2, -0.15) is 0 Å². The molecular weight excluding hydrogens is 396 g/mol. The van der Waals surface area contributed by atoms with E-state index >= 15 is 0 Å². The molecule has 6 nitrogen and oxygen atoms in total. The minimum atomic E-state index is -1.26. The normalized spacial score (nSPS) is 14.0. The third-order valence-electron chi connectivity index (χ3n) is 4.68. The van der Waals surface area contributed by atoms with Crippen LogP contribution in [0.15, 0.2) is 60.7 Å². The zero-order valence-electron chi connectivity index (χ0n) is 16.2. The first-order chi connectivity index (χ1) is 13.9. The van der Waals surface area contributed by atoms with Crippen LogP contribution in [0.3, 0.4) is 0 Å². The van der Waals surface area contributed by atoms with Gasteiger partial charge in [-0.3, -0.25) is 0 Å². The average Bonchev–Trinajstić information content (AvgIpc) is 2.71. The smallest absolute Gasteiger partial charge is 0.328 e. The third kappa shape index (κ3) is 8.10. The predicted octanol–water partition coefficient (Wildman–Crippen LogP) is 2.98. The highest BCUT2D eigenvalue weighted by molar-refractivity contribution is 5.89. The van der Waals surface area contributed by atoms with Gasteiger partial charge < -0.3 is 21.0 Å². The molecule has 1 heterocycles. The molecule has 0 aliphatic carbocycles. The Labute approximate surface area is 173 Å². The van der Waals surface area contributed by atoms with E-state index < -0.39 is 11.9 Å². The molecule has 1 aliphatic heterocycles. The second-order valence-corrected chi connectivity index (χ2v) is 6.68. The largest absolute Gasteiger partial charge is 0.478 e. The van der Waals surface area contributed by atoms with Gasteiger partial charge >= 0.3 is 11.9 Å². The standard InChI is InChI=1S/C18H19F2N.C4H4O4.H2O/c19-16-5-1-13(2-6-16)18(15-9-11-21-12-10-15)14-3-7-17(20)8-4-14;5-3(6)1-2-4(7)8;/h1-8,15,18,21H,9-12H2;1-2H,(H,5,6)(H,7,8);1H2. The van der Waals surface area contributed by atoms with Crippen LogP contribution in [0.5, 0.6) is 0 Å². The van der Waals surface area contributed by atoms with Crippen molar-refractivity contribution >= 4 is 11.9 Å². The van der Waals surface area contributed by atoms with Crippen LogP contribution in [0.4, 0.5) is 8.78 Å². The Morgan fingerprint density at radius 1 is 0.833 bits per heavy atom. The fourth-order valence-electron chi connectivity index (χ4n) is 3.40. The maximum Gasteiger partial charge on any atom is 0.328 e. The maximum absolute atomic E-state index is 13.2. The number of aliphatic carboxylic acids is 2. The second-order valence-electron chi connectivity index (χ2n) is 6.68. The summed E-state index contributed by atoms with van der Waals surface area (Å²) in [4.78, 5) is 19.1. The zero-order valence-corrected chi connectivity index (χ0v) is 16.2. The summed E-state index contributed by atoms with van der Waals surface area (Å²) in [7, 11) is 0. The van der Waals surface area contributed by atoms with Gasteiger partial charge in [0.25, 0.3) is 0 Å². The van der Waals surface area contributed by atoms with Crippen LogP contribution in [0, 0.1) is 17.6 Å². The topological polar surface area (TPSA) is 118 Å². The van der Waals surface area contributed by atoms with Crippen molar-refractivity contribution in [1.82, 2.24) is 5.32 Å². The van der Waals surface area contributed by atoms with Crippen molar-refractivity contribution in [2.75, 3.05) is 13.1 Å². The molecule has 0 radical (unpaired) electrons. The van der Waals surface area contributed by atoms with Crippen LogP contribution in [-0.4, -0.2) is 40.7 Å². The lowest BCUT2D eigenvalue weighted by Crippen LogP contribution is -2.31. The molecule has 2 aromatic carbocycles. The fourth-order valence-corrected chi connectivity index (χ4v) is 3.40. The van der Waals surface area contributed by atoms with E-state index in [-0.39, 0.29) is 23.0 Å². The summed E-state index contributed by atoms with van der Waals surface area (Å²) in [6.45, 7) is 2.01. The van der Waals surface area contributed by atoms with E-state index in [1.165, 1.54) is 24.3 Å². The molecule has 0 unspecified atom stereocenters. The van der Waals surface area contributed by atoms with E-state index in [0.717, 1.165) is 37.1 Å². The van der Waals surface area contributed by atoms with Gasteiger partial charge in [0, 0.05) is 18.1 Å². The first-order valence-electron chi connectivity index (χ1n) is 9.22. The molecule has 0 aromatic heterocycles. The Hall–Kier alpha value is -3.10. The van der Waals surface area contributed by atoms with Crippen LogP contribution < -0.4 is 5.32 Å². The number of rotatable bonds is 5.